The van der Waals surface area contributed by atoms with Crippen molar-refractivity contribution in [2.24, 2.45) is 0 Å². The van der Waals surface area contributed by atoms with E-state index in [2.05, 4.69) is 25.4 Å². The lowest BCUT2D eigenvalue weighted by atomic mass is 10.1. The average molecular weight is 503 g/mol. The number of hydrogen-bond acceptors (Lipinski definition) is 7. The number of nitrogens with zero attached hydrogens (tertiary/aromatic N) is 5. The number of nitrogens with one attached hydrogen (secondary N) is 1. The minimum absolute atomic E-state index is 0.00610. The van der Waals surface area contributed by atoms with Gasteiger partial charge < -0.3 is 10.1 Å². The largest absolute Gasteiger partial charge is 0.462 e. The van der Waals surface area contributed by atoms with E-state index in [1.165, 1.54) is 36.7 Å². The number of pyridine rings is 1. The second-order valence-electron chi connectivity index (χ2n) is 7.23. The van der Waals surface area contributed by atoms with Crippen molar-refractivity contribution in [3.63, 3.8) is 0 Å². The highest BCUT2D eigenvalue weighted by Gasteiger charge is 2.24. The number of aromatic nitrogens is 5. The maximum absolute atomic E-state index is 13.8. The van der Waals surface area contributed by atoms with Crippen LogP contribution in [0.4, 0.5) is 24.8 Å². The zero-order chi connectivity index (χ0) is 25.1. The predicted octanol–water partition coefficient (Wildman–Crippen LogP) is 5.68. The Morgan fingerprint density at radius 3 is 2.74 bits per heavy atom. The van der Waals surface area contributed by atoms with Crippen LogP contribution >= 0.6 is 11.6 Å². The Hall–Kier alpha value is -3.99. The van der Waals surface area contributed by atoms with Gasteiger partial charge in [-0.05, 0) is 50.2 Å². The Morgan fingerprint density at radius 1 is 1.23 bits per heavy atom. The summed E-state index contributed by atoms with van der Waals surface area (Å²) in [5, 5.41) is 6.91. The fraction of sp³-hybridized carbons (Fsp3) is 0.174. The number of alkyl halides is 2. The number of hydrogen-bond donors (Lipinski definition) is 1. The van der Waals surface area contributed by atoms with Crippen LogP contribution in [0.15, 0.2) is 48.8 Å². The first-order valence-electron chi connectivity index (χ1n) is 10.3. The summed E-state index contributed by atoms with van der Waals surface area (Å²) >= 11 is 5.84. The van der Waals surface area contributed by atoms with Crippen LogP contribution in [0.25, 0.3) is 17.1 Å². The van der Waals surface area contributed by atoms with Gasteiger partial charge in [0.1, 0.15) is 11.5 Å². The normalized spacial score (nSPS) is 11.1. The number of carbonyl (C=O) groups is 1. The second kappa shape index (κ2) is 10.1. The van der Waals surface area contributed by atoms with Crippen molar-refractivity contribution in [2.75, 3.05) is 11.9 Å². The maximum atomic E-state index is 13.8. The van der Waals surface area contributed by atoms with E-state index >= 15 is 0 Å². The summed E-state index contributed by atoms with van der Waals surface area (Å²) in [6.45, 7) is 3.35. The molecule has 0 fully saturated rings. The van der Waals surface area contributed by atoms with Gasteiger partial charge >= 0.3 is 5.97 Å². The Labute approximate surface area is 202 Å². The Balaban J connectivity index is 1.90. The number of esters is 1. The number of halogens is 4. The number of rotatable bonds is 7. The molecule has 0 aliphatic carbocycles. The molecule has 35 heavy (non-hydrogen) atoms. The van der Waals surface area contributed by atoms with Crippen LogP contribution in [0.5, 0.6) is 0 Å². The van der Waals surface area contributed by atoms with E-state index in [0.29, 0.717) is 11.4 Å². The van der Waals surface area contributed by atoms with Crippen molar-refractivity contribution >= 4 is 29.2 Å². The van der Waals surface area contributed by atoms with Gasteiger partial charge in [0.2, 0.25) is 5.95 Å². The fourth-order valence-electron chi connectivity index (χ4n) is 3.30. The van der Waals surface area contributed by atoms with Crippen LogP contribution in [0.2, 0.25) is 5.02 Å². The third-order valence-electron chi connectivity index (χ3n) is 4.79. The molecule has 0 unspecified atom stereocenters. The summed E-state index contributed by atoms with van der Waals surface area (Å²) < 4.78 is 47.3. The number of aryl methyl sites for hydroxylation is 1. The molecular formula is C23H18ClF3N6O2. The zero-order valence-corrected chi connectivity index (χ0v) is 19.2. The minimum Gasteiger partial charge on any atom is -0.462 e. The number of ether oxygens (including phenoxy) is 1. The van der Waals surface area contributed by atoms with Gasteiger partial charge in [0.05, 0.1) is 34.1 Å². The second-order valence-corrected chi connectivity index (χ2v) is 7.64. The first-order valence-corrected chi connectivity index (χ1v) is 10.7. The zero-order valence-electron chi connectivity index (χ0n) is 18.5. The molecule has 4 aromatic rings. The summed E-state index contributed by atoms with van der Waals surface area (Å²) in [7, 11) is 0. The molecule has 12 heteroatoms. The van der Waals surface area contributed by atoms with Crippen LogP contribution in [0.1, 0.15) is 35.1 Å². The number of carbonyl (C=O) groups excluding carboxylic acids is 1. The van der Waals surface area contributed by atoms with Crippen molar-refractivity contribution in [1.82, 2.24) is 24.7 Å². The first-order chi connectivity index (χ1) is 16.8. The van der Waals surface area contributed by atoms with E-state index in [0.717, 1.165) is 10.7 Å². The molecule has 0 radical (unpaired) electrons. The molecule has 8 nitrogen and oxygen atoms in total. The van der Waals surface area contributed by atoms with Gasteiger partial charge in [0.15, 0.2) is 5.82 Å². The lowest BCUT2D eigenvalue weighted by molar-refractivity contribution is 0.0527. The highest BCUT2D eigenvalue weighted by atomic mass is 35.5. The molecule has 1 aromatic carbocycles. The highest BCUT2D eigenvalue weighted by Crippen LogP contribution is 2.31. The van der Waals surface area contributed by atoms with E-state index < -0.39 is 23.9 Å². The molecule has 0 saturated heterocycles. The standard InChI is InChI=1S/C23H18ClF3N6O2/c1-3-35-22(34)14-5-4-8-28-19(14)15-11-29-23(30-13-6-7-17(25)16(24)10-13)31-21(15)33-18(20(26)27)9-12(2)32-33/h4-11,20H,3H2,1-2H3,(H,29,30,31). The minimum atomic E-state index is -2.86. The van der Waals surface area contributed by atoms with Crippen molar-refractivity contribution in [3.8, 4) is 17.1 Å². The quantitative estimate of drug-likeness (QED) is 0.325. The molecule has 0 saturated carbocycles. The lowest BCUT2D eigenvalue weighted by Gasteiger charge is -2.15. The number of anilines is 2. The molecule has 3 heterocycles. The van der Waals surface area contributed by atoms with Crippen LogP contribution in [0, 0.1) is 12.7 Å². The number of benzene rings is 1. The van der Waals surface area contributed by atoms with Gasteiger partial charge in [-0.2, -0.15) is 10.1 Å². The van der Waals surface area contributed by atoms with Crippen molar-refractivity contribution in [3.05, 3.63) is 76.6 Å². The van der Waals surface area contributed by atoms with Gasteiger partial charge in [-0.1, -0.05) is 11.6 Å². The first kappa shape index (κ1) is 24.1. The molecule has 0 aliphatic rings. The van der Waals surface area contributed by atoms with E-state index in [-0.39, 0.29) is 40.2 Å². The van der Waals surface area contributed by atoms with Crippen LogP contribution < -0.4 is 5.32 Å². The molecule has 3 aromatic heterocycles. The highest BCUT2D eigenvalue weighted by molar-refractivity contribution is 6.31. The molecule has 4 rings (SSSR count). The summed E-state index contributed by atoms with van der Waals surface area (Å²) in [5.41, 5.74) is 0.689. The predicted molar refractivity (Wildman–Crippen MR) is 123 cm³/mol. The van der Waals surface area contributed by atoms with E-state index in [9.17, 15) is 18.0 Å². The van der Waals surface area contributed by atoms with Crippen molar-refractivity contribution in [2.45, 2.75) is 20.3 Å². The molecule has 1 N–H and O–H groups in total. The SMILES string of the molecule is CCOC(=O)c1cccnc1-c1cnc(Nc2ccc(F)c(Cl)c2)nc1-n1nc(C)cc1C(F)F. The molecule has 180 valence electrons. The molecule has 0 atom stereocenters. The van der Waals surface area contributed by atoms with Crippen molar-refractivity contribution in [1.29, 1.82) is 0 Å². The Morgan fingerprint density at radius 2 is 2.03 bits per heavy atom. The molecule has 0 amide bonds. The lowest BCUT2D eigenvalue weighted by Crippen LogP contribution is -2.12. The van der Waals surface area contributed by atoms with Gasteiger partial charge in [-0.25, -0.2) is 27.6 Å². The molecule has 0 bridgehead atoms. The average Bonchev–Trinajstić information content (AvgIpc) is 3.23. The van der Waals surface area contributed by atoms with Gasteiger partial charge in [-0.15, -0.1) is 0 Å². The molecule has 0 aliphatic heterocycles. The third-order valence-corrected chi connectivity index (χ3v) is 5.08. The molecular weight excluding hydrogens is 485 g/mol. The van der Waals surface area contributed by atoms with Gasteiger partial charge in [-0.3, -0.25) is 4.98 Å². The molecule has 0 spiro atoms. The van der Waals surface area contributed by atoms with Crippen molar-refractivity contribution < 1.29 is 22.7 Å². The van der Waals surface area contributed by atoms with E-state index in [1.807, 2.05) is 0 Å². The monoisotopic (exact) mass is 502 g/mol. The van der Waals surface area contributed by atoms with Crippen LogP contribution in [0.3, 0.4) is 0 Å². The summed E-state index contributed by atoms with van der Waals surface area (Å²) in [6.07, 6.45) is -0.0936. The van der Waals surface area contributed by atoms with Crippen LogP contribution in [-0.4, -0.2) is 37.3 Å². The van der Waals surface area contributed by atoms with Crippen LogP contribution in [-0.2, 0) is 4.74 Å². The van der Waals surface area contributed by atoms with Gasteiger partial charge in [0.25, 0.3) is 6.43 Å². The smallest absolute Gasteiger partial charge is 0.340 e. The van der Waals surface area contributed by atoms with E-state index in [1.54, 1.807) is 19.9 Å². The summed E-state index contributed by atoms with van der Waals surface area (Å²) in [6, 6.07) is 8.18. The van der Waals surface area contributed by atoms with Gasteiger partial charge in [0, 0.05) is 18.1 Å². The summed E-state index contributed by atoms with van der Waals surface area (Å²) in [4.78, 5) is 25.4. The summed E-state index contributed by atoms with van der Waals surface area (Å²) in [5.74, 6) is -1.31. The third kappa shape index (κ3) is 5.09. The Bertz CT molecular complexity index is 1400. The fourth-order valence-corrected chi connectivity index (χ4v) is 3.48. The maximum Gasteiger partial charge on any atom is 0.340 e. The topological polar surface area (TPSA) is 94.8 Å². The van der Waals surface area contributed by atoms with E-state index in [4.69, 9.17) is 16.3 Å². The Kier molecular flexibility index (Phi) is 6.97.